The van der Waals surface area contributed by atoms with Crippen LogP contribution >= 0.6 is 0 Å². The number of hydrogen-bond acceptors (Lipinski definition) is 4. The minimum Gasteiger partial charge on any atom is -0.484 e. The van der Waals surface area contributed by atoms with Gasteiger partial charge in [0.2, 0.25) is 0 Å². The van der Waals surface area contributed by atoms with Gasteiger partial charge in [0, 0.05) is 18.7 Å². The van der Waals surface area contributed by atoms with Crippen molar-refractivity contribution in [3.63, 3.8) is 0 Å². The van der Waals surface area contributed by atoms with Gasteiger partial charge in [0.05, 0.1) is 0 Å². The molecule has 20 heavy (non-hydrogen) atoms. The van der Waals surface area contributed by atoms with Gasteiger partial charge in [-0.1, -0.05) is 5.16 Å². The lowest BCUT2D eigenvalue weighted by atomic mass is 9.92. The van der Waals surface area contributed by atoms with Crippen LogP contribution in [-0.4, -0.2) is 41.5 Å². The van der Waals surface area contributed by atoms with E-state index in [0.29, 0.717) is 17.4 Å². The number of ether oxygens (including phenoxy) is 1. The molecule has 6 nitrogen and oxygen atoms in total. The SMILES string of the molecule is CN(C(=O)COc1ccc(/C(N)=N/O)cc1)C1CCC1. The molecule has 1 fully saturated rings. The molecule has 1 saturated carbocycles. The molecule has 1 aliphatic carbocycles. The number of oxime groups is 1. The van der Waals surface area contributed by atoms with Gasteiger partial charge in [-0.15, -0.1) is 0 Å². The molecule has 1 amide bonds. The fraction of sp³-hybridized carbons (Fsp3) is 0.429. The van der Waals surface area contributed by atoms with E-state index in [0.717, 1.165) is 12.8 Å². The standard InChI is InChI=1S/C14H19N3O3/c1-17(11-3-2-4-11)13(18)9-20-12-7-5-10(6-8-12)14(15)16-19/h5-8,11,19H,2-4,9H2,1H3,(H2,15,16). The van der Waals surface area contributed by atoms with Gasteiger partial charge < -0.3 is 20.6 Å². The van der Waals surface area contributed by atoms with Crippen molar-refractivity contribution in [2.45, 2.75) is 25.3 Å². The van der Waals surface area contributed by atoms with E-state index in [1.807, 2.05) is 7.05 Å². The molecule has 1 aliphatic rings. The molecule has 0 radical (unpaired) electrons. The summed E-state index contributed by atoms with van der Waals surface area (Å²) in [4.78, 5) is 13.7. The number of nitrogens with two attached hydrogens (primary N) is 1. The number of carbonyl (C=O) groups excluding carboxylic acids is 1. The zero-order chi connectivity index (χ0) is 14.5. The van der Waals surface area contributed by atoms with Crippen LogP contribution in [0.4, 0.5) is 0 Å². The van der Waals surface area contributed by atoms with Crippen molar-refractivity contribution < 1.29 is 14.7 Å². The Balaban J connectivity index is 1.85. The van der Waals surface area contributed by atoms with Crippen molar-refractivity contribution in [2.24, 2.45) is 10.9 Å². The van der Waals surface area contributed by atoms with Gasteiger partial charge in [-0.2, -0.15) is 0 Å². The topological polar surface area (TPSA) is 88.2 Å². The van der Waals surface area contributed by atoms with Crippen LogP contribution in [0.2, 0.25) is 0 Å². The predicted molar refractivity (Wildman–Crippen MR) is 74.9 cm³/mol. The van der Waals surface area contributed by atoms with E-state index in [2.05, 4.69) is 5.16 Å². The molecular formula is C14H19N3O3. The number of amidine groups is 1. The van der Waals surface area contributed by atoms with E-state index < -0.39 is 0 Å². The quantitative estimate of drug-likeness (QED) is 0.366. The van der Waals surface area contributed by atoms with E-state index in [-0.39, 0.29) is 18.3 Å². The maximum Gasteiger partial charge on any atom is 0.260 e. The molecule has 6 heteroatoms. The lowest BCUT2D eigenvalue weighted by molar-refractivity contribution is -0.135. The monoisotopic (exact) mass is 277 g/mol. The van der Waals surface area contributed by atoms with Crippen molar-refractivity contribution in [3.8, 4) is 5.75 Å². The van der Waals surface area contributed by atoms with E-state index >= 15 is 0 Å². The molecule has 2 rings (SSSR count). The van der Waals surface area contributed by atoms with E-state index in [1.165, 1.54) is 6.42 Å². The Labute approximate surface area is 117 Å². The maximum atomic E-state index is 11.9. The average Bonchev–Trinajstić information content (AvgIpc) is 2.42. The summed E-state index contributed by atoms with van der Waals surface area (Å²) in [5, 5.41) is 11.5. The summed E-state index contributed by atoms with van der Waals surface area (Å²) in [5.74, 6) is 0.599. The number of hydrogen-bond donors (Lipinski definition) is 2. The van der Waals surface area contributed by atoms with Crippen LogP contribution in [0.15, 0.2) is 29.4 Å². The fourth-order valence-electron chi connectivity index (χ4n) is 2.00. The first-order valence-corrected chi connectivity index (χ1v) is 6.58. The molecular weight excluding hydrogens is 258 g/mol. The molecule has 0 atom stereocenters. The molecule has 0 unspecified atom stereocenters. The van der Waals surface area contributed by atoms with Gasteiger partial charge >= 0.3 is 0 Å². The molecule has 0 aromatic heterocycles. The Morgan fingerprint density at radius 1 is 1.45 bits per heavy atom. The molecule has 0 bridgehead atoms. The summed E-state index contributed by atoms with van der Waals surface area (Å²) >= 11 is 0. The molecule has 108 valence electrons. The third-order valence-electron chi connectivity index (χ3n) is 3.64. The third-order valence-corrected chi connectivity index (χ3v) is 3.64. The Morgan fingerprint density at radius 2 is 2.10 bits per heavy atom. The van der Waals surface area contributed by atoms with Crippen molar-refractivity contribution in [1.29, 1.82) is 0 Å². The molecule has 3 N–H and O–H groups in total. The largest absolute Gasteiger partial charge is 0.484 e. The lowest BCUT2D eigenvalue weighted by Gasteiger charge is -2.34. The van der Waals surface area contributed by atoms with Crippen molar-refractivity contribution in [3.05, 3.63) is 29.8 Å². The number of rotatable bonds is 5. The Morgan fingerprint density at radius 3 is 2.60 bits per heavy atom. The van der Waals surface area contributed by atoms with E-state index in [9.17, 15) is 4.79 Å². The molecule has 0 spiro atoms. The minimum atomic E-state index is -0.0183. The second-order valence-electron chi connectivity index (χ2n) is 4.89. The molecule has 0 aliphatic heterocycles. The highest BCUT2D eigenvalue weighted by Gasteiger charge is 2.25. The van der Waals surface area contributed by atoms with Gasteiger partial charge in [-0.3, -0.25) is 4.79 Å². The molecule has 0 saturated heterocycles. The summed E-state index contributed by atoms with van der Waals surface area (Å²) in [6, 6.07) is 7.08. The Hall–Kier alpha value is -2.24. The second kappa shape index (κ2) is 6.27. The number of nitrogens with zero attached hydrogens (tertiary/aromatic N) is 2. The van der Waals surface area contributed by atoms with Crippen LogP contribution in [0.5, 0.6) is 5.75 Å². The fourth-order valence-corrected chi connectivity index (χ4v) is 2.00. The summed E-state index contributed by atoms with van der Waals surface area (Å²) in [5.41, 5.74) is 6.05. The normalized spacial score (nSPS) is 15.6. The smallest absolute Gasteiger partial charge is 0.260 e. The predicted octanol–water partition coefficient (Wildman–Crippen LogP) is 1.17. The molecule has 1 aromatic rings. The summed E-state index contributed by atoms with van der Waals surface area (Å²) in [6.45, 7) is 0.0237. The van der Waals surface area contributed by atoms with Crippen LogP contribution < -0.4 is 10.5 Å². The first kappa shape index (κ1) is 14.2. The number of amides is 1. The zero-order valence-corrected chi connectivity index (χ0v) is 11.5. The zero-order valence-electron chi connectivity index (χ0n) is 11.5. The van der Waals surface area contributed by atoms with Crippen LogP contribution in [0.1, 0.15) is 24.8 Å². The maximum absolute atomic E-state index is 11.9. The van der Waals surface area contributed by atoms with Crippen LogP contribution in [0.25, 0.3) is 0 Å². The third kappa shape index (κ3) is 3.20. The van der Waals surface area contributed by atoms with Crippen molar-refractivity contribution in [1.82, 2.24) is 4.90 Å². The van der Waals surface area contributed by atoms with Gasteiger partial charge in [0.15, 0.2) is 12.4 Å². The van der Waals surface area contributed by atoms with E-state index in [1.54, 1.807) is 29.2 Å². The molecule has 1 aromatic carbocycles. The summed E-state index contributed by atoms with van der Waals surface area (Å²) in [7, 11) is 1.82. The number of carbonyl (C=O) groups is 1. The van der Waals surface area contributed by atoms with Gasteiger partial charge in [0.25, 0.3) is 5.91 Å². The Bertz CT molecular complexity index is 495. The van der Waals surface area contributed by atoms with Crippen LogP contribution in [0.3, 0.4) is 0 Å². The van der Waals surface area contributed by atoms with Gasteiger partial charge in [0.1, 0.15) is 5.75 Å². The highest BCUT2D eigenvalue weighted by Crippen LogP contribution is 2.23. The Kier molecular flexibility index (Phi) is 4.45. The average molecular weight is 277 g/mol. The van der Waals surface area contributed by atoms with Gasteiger partial charge in [-0.25, -0.2) is 0 Å². The first-order chi connectivity index (χ1) is 9.61. The highest BCUT2D eigenvalue weighted by molar-refractivity contribution is 5.97. The lowest BCUT2D eigenvalue weighted by Crippen LogP contribution is -2.43. The van der Waals surface area contributed by atoms with Gasteiger partial charge in [-0.05, 0) is 43.5 Å². The summed E-state index contributed by atoms with van der Waals surface area (Å²) in [6.07, 6.45) is 3.35. The number of benzene rings is 1. The van der Waals surface area contributed by atoms with Crippen molar-refractivity contribution >= 4 is 11.7 Å². The van der Waals surface area contributed by atoms with Crippen LogP contribution in [-0.2, 0) is 4.79 Å². The summed E-state index contributed by atoms with van der Waals surface area (Å²) < 4.78 is 5.44. The van der Waals surface area contributed by atoms with E-state index in [4.69, 9.17) is 15.7 Å². The second-order valence-corrected chi connectivity index (χ2v) is 4.89. The first-order valence-electron chi connectivity index (χ1n) is 6.58. The number of likely N-dealkylation sites (N-methyl/N-ethyl adjacent to an activating group) is 1. The van der Waals surface area contributed by atoms with Crippen LogP contribution in [0, 0.1) is 0 Å². The van der Waals surface area contributed by atoms with Crippen molar-refractivity contribution in [2.75, 3.05) is 13.7 Å². The molecule has 0 heterocycles. The minimum absolute atomic E-state index is 0.0183. The highest BCUT2D eigenvalue weighted by atomic mass is 16.5.